The van der Waals surface area contributed by atoms with Crippen LogP contribution in [0.3, 0.4) is 0 Å². The molecule has 0 unspecified atom stereocenters. The monoisotopic (exact) mass is 292 g/mol. The largest absolute Gasteiger partial charge is 0.478 e. The lowest BCUT2D eigenvalue weighted by Gasteiger charge is -2.31. The highest BCUT2D eigenvalue weighted by Crippen LogP contribution is 2.18. The number of carboxylic acids is 1. The molecule has 0 aromatic heterocycles. The van der Waals surface area contributed by atoms with Crippen molar-refractivity contribution in [2.24, 2.45) is 5.92 Å². The molecule has 2 rings (SSSR count). The van der Waals surface area contributed by atoms with Gasteiger partial charge in [0.15, 0.2) is 0 Å². The lowest BCUT2D eigenvalue weighted by molar-refractivity contribution is 0.0697. The van der Waals surface area contributed by atoms with E-state index >= 15 is 0 Å². The highest BCUT2D eigenvalue weighted by atomic mass is 16.5. The van der Waals surface area contributed by atoms with Gasteiger partial charge in [0.25, 0.3) is 0 Å². The van der Waals surface area contributed by atoms with Gasteiger partial charge in [-0.15, -0.1) is 0 Å². The number of aromatic carboxylic acids is 1. The maximum atomic E-state index is 12.1. The van der Waals surface area contributed by atoms with E-state index < -0.39 is 5.97 Å². The number of urea groups is 1. The van der Waals surface area contributed by atoms with E-state index in [1.807, 2.05) is 0 Å². The van der Waals surface area contributed by atoms with Gasteiger partial charge in [0, 0.05) is 32.5 Å². The molecule has 1 heterocycles. The second-order valence-electron chi connectivity index (χ2n) is 5.20. The van der Waals surface area contributed by atoms with Gasteiger partial charge in [-0.25, -0.2) is 9.59 Å². The molecular weight excluding hydrogens is 272 g/mol. The number of carbonyl (C=O) groups excluding carboxylic acids is 1. The van der Waals surface area contributed by atoms with Gasteiger partial charge in [-0.2, -0.15) is 0 Å². The Morgan fingerprint density at radius 3 is 2.71 bits per heavy atom. The number of amides is 2. The lowest BCUT2D eigenvalue weighted by atomic mass is 9.98. The van der Waals surface area contributed by atoms with Crippen LogP contribution in [0.15, 0.2) is 24.3 Å². The van der Waals surface area contributed by atoms with E-state index in [-0.39, 0.29) is 11.6 Å². The lowest BCUT2D eigenvalue weighted by Crippen LogP contribution is -2.41. The van der Waals surface area contributed by atoms with Crippen LogP contribution in [0.1, 0.15) is 23.2 Å². The fourth-order valence-corrected chi connectivity index (χ4v) is 2.47. The molecule has 0 radical (unpaired) electrons. The van der Waals surface area contributed by atoms with Crippen molar-refractivity contribution in [1.29, 1.82) is 0 Å². The number of piperidine rings is 1. The minimum absolute atomic E-state index is 0.159. The Kier molecular flexibility index (Phi) is 5.16. The first-order valence-corrected chi connectivity index (χ1v) is 6.98. The van der Waals surface area contributed by atoms with Crippen molar-refractivity contribution in [3.05, 3.63) is 29.8 Å². The van der Waals surface area contributed by atoms with Crippen molar-refractivity contribution in [3.8, 4) is 0 Å². The molecule has 0 atom stereocenters. The highest BCUT2D eigenvalue weighted by Gasteiger charge is 2.22. The van der Waals surface area contributed by atoms with Crippen molar-refractivity contribution in [3.63, 3.8) is 0 Å². The van der Waals surface area contributed by atoms with Crippen LogP contribution in [0.2, 0.25) is 0 Å². The summed E-state index contributed by atoms with van der Waals surface area (Å²) in [5.41, 5.74) is 0.658. The van der Waals surface area contributed by atoms with E-state index in [2.05, 4.69) is 5.32 Å². The zero-order valence-corrected chi connectivity index (χ0v) is 12.0. The molecule has 0 saturated carbocycles. The average Bonchev–Trinajstić information content (AvgIpc) is 2.48. The Morgan fingerprint density at radius 1 is 1.38 bits per heavy atom. The normalized spacial score (nSPS) is 15.8. The zero-order chi connectivity index (χ0) is 15.2. The van der Waals surface area contributed by atoms with Crippen molar-refractivity contribution in [2.75, 3.05) is 32.1 Å². The van der Waals surface area contributed by atoms with Gasteiger partial charge in [-0.1, -0.05) is 6.07 Å². The number of nitrogens with one attached hydrogen (secondary N) is 1. The third kappa shape index (κ3) is 4.19. The summed E-state index contributed by atoms with van der Waals surface area (Å²) in [4.78, 5) is 24.8. The van der Waals surface area contributed by atoms with Crippen LogP contribution in [-0.4, -0.2) is 48.8 Å². The first-order chi connectivity index (χ1) is 10.1. The van der Waals surface area contributed by atoms with E-state index in [0.717, 1.165) is 19.4 Å². The third-order valence-electron chi connectivity index (χ3n) is 3.66. The fraction of sp³-hybridized carbons (Fsp3) is 0.467. The smallest absolute Gasteiger partial charge is 0.335 e. The Labute approximate surface area is 123 Å². The molecule has 2 N–H and O–H groups in total. The summed E-state index contributed by atoms with van der Waals surface area (Å²) in [6, 6.07) is 6.06. The summed E-state index contributed by atoms with van der Waals surface area (Å²) in [5, 5.41) is 11.7. The van der Waals surface area contributed by atoms with Crippen LogP contribution in [0.4, 0.5) is 10.5 Å². The van der Waals surface area contributed by atoms with E-state index in [1.165, 1.54) is 12.1 Å². The fourth-order valence-electron chi connectivity index (χ4n) is 2.47. The van der Waals surface area contributed by atoms with Gasteiger partial charge in [-0.05, 0) is 37.0 Å². The number of carbonyl (C=O) groups is 2. The third-order valence-corrected chi connectivity index (χ3v) is 3.66. The summed E-state index contributed by atoms with van der Waals surface area (Å²) in [6.45, 7) is 2.12. The molecule has 21 heavy (non-hydrogen) atoms. The number of nitrogens with zero attached hydrogens (tertiary/aromatic N) is 1. The minimum Gasteiger partial charge on any atom is -0.478 e. The topological polar surface area (TPSA) is 78.9 Å². The number of hydrogen-bond donors (Lipinski definition) is 2. The number of carboxylic acid groups (broad SMARTS) is 1. The molecule has 1 aliphatic heterocycles. The second kappa shape index (κ2) is 7.08. The van der Waals surface area contributed by atoms with E-state index in [9.17, 15) is 9.59 Å². The number of likely N-dealkylation sites (tertiary alicyclic amines) is 1. The Morgan fingerprint density at radius 2 is 2.10 bits per heavy atom. The molecule has 1 aromatic rings. The molecule has 1 aromatic carbocycles. The number of rotatable bonds is 4. The van der Waals surface area contributed by atoms with E-state index in [4.69, 9.17) is 9.84 Å². The summed E-state index contributed by atoms with van der Waals surface area (Å²) >= 11 is 0. The minimum atomic E-state index is -1.01. The summed E-state index contributed by atoms with van der Waals surface area (Å²) in [7, 11) is 1.69. The maximum Gasteiger partial charge on any atom is 0.335 e. The summed E-state index contributed by atoms with van der Waals surface area (Å²) in [5.74, 6) is -0.499. The van der Waals surface area contributed by atoms with Crippen LogP contribution >= 0.6 is 0 Å². The zero-order valence-electron chi connectivity index (χ0n) is 12.0. The number of methoxy groups -OCH3 is 1. The van der Waals surface area contributed by atoms with Gasteiger partial charge in [0.1, 0.15) is 0 Å². The average molecular weight is 292 g/mol. The van der Waals surface area contributed by atoms with Crippen molar-refractivity contribution >= 4 is 17.7 Å². The Balaban J connectivity index is 1.90. The molecule has 2 amide bonds. The predicted octanol–water partition coefficient (Wildman–Crippen LogP) is 2.28. The SMILES string of the molecule is COCC1CCN(C(=O)Nc2cccc(C(=O)O)c2)CC1. The summed E-state index contributed by atoms with van der Waals surface area (Å²) in [6.07, 6.45) is 1.85. The van der Waals surface area contributed by atoms with Crippen LogP contribution < -0.4 is 5.32 Å². The molecule has 1 aliphatic rings. The quantitative estimate of drug-likeness (QED) is 0.892. The van der Waals surface area contributed by atoms with Crippen LogP contribution in [0.25, 0.3) is 0 Å². The van der Waals surface area contributed by atoms with E-state index in [0.29, 0.717) is 24.7 Å². The summed E-state index contributed by atoms with van der Waals surface area (Å²) < 4.78 is 5.13. The van der Waals surface area contributed by atoms with Crippen molar-refractivity contribution in [1.82, 2.24) is 4.90 Å². The van der Waals surface area contributed by atoms with Crippen LogP contribution in [0, 0.1) is 5.92 Å². The van der Waals surface area contributed by atoms with Gasteiger partial charge < -0.3 is 20.1 Å². The molecule has 6 heteroatoms. The van der Waals surface area contributed by atoms with Gasteiger partial charge in [0.05, 0.1) is 5.56 Å². The standard InChI is InChI=1S/C15H20N2O4/c1-21-10-11-5-7-17(8-6-11)15(20)16-13-4-2-3-12(9-13)14(18)19/h2-4,9,11H,5-8,10H2,1H3,(H,16,20)(H,18,19). The van der Waals surface area contributed by atoms with Crippen LogP contribution in [0.5, 0.6) is 0 Å². The molecule has 0 aliphatic carbocycles. The van der Waals surface area contributed by atoms with Gasteiger partial charge in [0.2, 0.25) is 0 Å². The molecule has 0 spiro atoms. The Bertz CT molecular complexity index is 510. The molecule has 1 saturated heterocycles. The van der Waals surface area contributed by atoms with Crippen molar-refractivity contribution in [2.45, 2.75) is 12.8 Å². The first-order valence-electron chi connectivity index (χ1n) is 6.98. The van der Waals surface area contributed by atoms with Crippen molar-refractivity contribution < 1.29 is 19.4 Å². The molecular formula is C15H20N2O4. The highest BCUT2D eigenvalue weighted by molar-refractivity contribution is 5.93. The molecule has 6 nitrogen and oxygen atoms in total. The van der Waals surface area contributed by atoms with Gasteiger partial charge >= 0.3 is 12.0 Å². The molecule has 0 bridgehead atoms. The molecule has 1 fully saturated rings. The first kappa shape index (κ1) is 15.3. The van der Waals surface area contributed by atoms with Crippen LogP contribution in [-0.2, 0) is 4.74 Å². The second-order valence-corrected chi connectivity index (χ2v) is 5.20. The Hall–Kier alpha value is -2.08. The molecule has 114 valence electrons. The van der Waals surface area contributed by atoms with Gasteiger partial charge in [-0.3, -0.25) is 0 Å². The maximum absolute atomic E-state index is 12.1. The number of anilines is 1. The number of benzene rings is 1. The number of hydrogen-bond acceptors (Lipinski definition) is 3. The predicted molar refractivity (Wildman–Crippen MR) is 78.6 cm³/mol. The number of ether oxygens (including phenoxy) is 1. The van der Waals surface area contributed by atoms with E-state index in [1.54, 1.807) is 24.1 Å².